The number of carbonyl (C=O) groups excluding carboxylic acids is 1. The molecule has 7 nitrogen and oxygen atoms in total. The topological polar surface area (TPSA) is 77.6 Å². The Morgan fingerprint density at radius 2 is 2.07 bits per heavy atom. The van der Waals surface area contributed by atoms with E-state index >= 15 is 0 Å². The zero-order chi connectivity index (χ0) is 19.8. The number of hydrogen-bond donors (Lipinski definition) is 1. The smallest absolute Gasteiger partial charge is 0.248 e. The molecular weight excluding hydrogens is 372 g/mol. The van der Waals surface area contributed by atoms with Crippen molar-refractivity contribution in [1.82, 2.24) is 24.3 Å². The number of nitrogens with one attached hydrogen (secondary N) is 1. The molecule has 0 saturated carbocycles. The molecular formula is C20H22N6OS. The van der Waals surface area contributed by atoms with Crippen LogP contribution in [0.1, 0.15) is 31.4 Å². The molecule has 0 aliphatic rings. The lowest BCUT2D eigenvalue weighted by atomic mass is 10.2. The highest BCUT2D eigenvalue weighted by atomic mass is 32.1. The maximum atomic E-state index is 12.9. The van der Waals surface area contributed by atoms with Crippen LogP contribution in [0.2, 0.25) is 0 Å². The fourth-order valence-corrected chi connectivity index (χ4v) is 4.12. The number of carbonyl (C=O) groups is 1. The minimum absolute atomic E-state index is 0.110. The van der Waals surface area contributed by atoms with Crippen LogP contribution in [-0.4, -0.2) is 30.2 Å². The van der Waals surface area contributed by atoms with Crippen LogP contribution in [0.4, 0.5) is 5.13 Å². The third-order valence-electron chi connectivity index (χ3n) is 4.78. The molecule has 1 N–H and O–H groups in total. The van der Waals surface area contributed by atoms with Crippen molar-refractivity contribution >= 4 is 33.4 Å². The first kappa shape index (κ1) is 18.4. The van der Waals surface area contributed by atoms with Gasteiger partial charge in [0.2, 0.25) is 5.91 Å². The van der Waals surface area contributed by atoms with Crippen molar-refractivity contribution in [3.63, 3.8) is 0 Å². The Hall–Kier alpha value is -3.00. The number of hydrogen-bond acceptors (Lipinski definition) is 5. The Kier molecular flexibility index (Phi) is 4.72. The van der Waals surface area contributed by atoms with Crippen molar-refractivity contribution in [1.29, 1.82) is 0 Å². The molecule has 4 rings (SSSR count). The molecule has 0 bridgehead atoms. The number of imidazole rings is 1. The van der Waals surface area contributed by atoms with Crippen LogP contribution >= 0.6 is 11.3 Å². The molecule has 1 aromatic carbocycles. The molecule has 3 heterocycles. The second-order valence-electron chi connectivity index (χ2n) is 6.75. The number of nitrogens with zero attached hydrogens (tertiary/aromatic N) is 5. The summed E-state index contributed by atoms with van der Waals surface area (Å²) in [6.07, 6.45) is 2.69. The summed E-state index contributed by atoms with van der Waals surface area (Å²) in [5, 5.41) is 9.83. The van der Waals surface area contributed by atoms with Gasteiger partial charge in [-0.1, -0.05) is 19.1 Å². The van der Waals surface area contributed by atoms with Crippen LogP contribution in [-0.2, 0) is 18.3 Å². The van der Waals surface area contributed by atoms with Gasteiger partial charge in [-0.2, -0.15) is 5.10 Å². The third kappa shape index (κ3) is 3.20. The molecule has 0 radical (unpaired) electrons. The normalized spacial score (nSPS) is 12.4. The van der Waals surface area contributed by atoms with Gasteiger partial charge in [0, 0.05) is 30.6 Å². The summed E-state index contributed by atoms with van der Waals surface area (Å²) in [5.41, 5.74) is 4.58. The average Bonchev–Trinajstić information content (AvgIpc) is 3.37. The highest BCUT2D eigenvalue weighted by Gasteiger charge is 2.22. The van der Waals surface area contributed by atoms with Gasteiger partial charge < -0.3 is 9.88 Å². The summed E-state index contributed by atoms with van der Waals surface area (Å²) in [5.74, 6) is 0.788. The van der Waals surface area contributed by atoms with Crippen molar-refractivity contribution < 1.29 is 4.79 Å². The van der Waals surface area contributed by atoms with Crippen molar-refractivity contribution in [2.24, 2.45) is 7.05 Å². The van der Waals surface area contributed by atoms with Crippen LogP contribution < -0.4 is 5.32 Å². The van der Waals surface area contributed by atoms with Crippen LogP contribution in [0, 0.1) is 6.92 Å². The third-order valence-corrected chi connectivity index (χ3v) is 5.53. The van der Waals surface area contributed by atoms with Gasteiger partial charge in [0.25, 0.3) is 0 Å². The maximum Gasteiger partial charge on any atom is 0.248 e. The zero-order valence-corrected chi connectivity index (χ0v) is 17.1. The average molecular weight is 395 g/mol. The summed E-state index contributed by atoms with van der Waals surface area (Å²) in [4.78, 5) is 22.2. The van der Waals surface area contributed by atoms with E-state index in [0.29, 0.717) is 5.13 Å². The van der Waals surface area contributed by atoms with Gasteiger partial charge in [0.05, 0.1) is 22.4 Å². The van der Waals surface area contributed by atoms with Gasteiger partial charge in [-0.25, -0.2) is 9.97 Å². The van der Waals surface area contributed by atoms with E-state index in [1.54, 1.807) is 4.68 Å². The van der Waals surface area contributed by atoms with Crippen LogP contribution in [0.5, 0.6) is 0 Å². The van der Waals surface area contributed by atoms with E-state index in [2.05, 4.69) is 20.4 Å². The van der Waals surface area contributed by atoms with E-state index in [1.807, 2.05) is 68.2 Å². The van der Waals surface area contributed by atoms with Crippen LogP contribution in [0.25, 0.3) is 22.3 Å². The number of para-hydroxylation sites is 2. The number of aryl methyl sites for hydroxylation is 3. The molecule has 28 heavy (non-hydrogen) atoms. The molecule has 144 valence electrons. The van der Waals surface area contributed by atoms with Gasteiger partial charge in [-0.3, -0.25) is 9.48 Å². The second kappa shape index (κ2) is 7.20. The molecule has 0 unspecified atom stereocenters. The molecule has 3 aromatic heterocycles. The summed E-state index contributed by atoms with van der Waals surface area (Å²) in [6.45, 7) is 5.89. The number of thiazole rings is 1. The number of aromatic nitrogens is 5. The molecule has 0 fully saturated rings. The number of amides is 1. The van der Waals surface area contributed by atoms with Crippen LogP contribution in [0.15, 0.2) is 35.8 Å². The van der Waals surface area contributed by atoms with E-state index < -0.39 is 6.04 Å². The second-order valence-corrected chi connectivity index (χ2v) is 7.60. The van der Waals surface area contributed by atoms with Gasteiger partial charge in [-0.15, -0.1) is 11.3 Å². The summed E-state index contributed by atoms with van der Waals surface area (Å²) >= 11 is 1.41. The minimum Gasteiger partial charge on any atom is -0.316 e. The monoisotopic (exact) mass is 394 g/mol. The van der Waals surface area contributed by atoms with Gasteiger partial charge in [0.1, 0.15) is 11.9 Å². The van der Waals surface area contributed by atoms with Gasteiger partial charge in [0.15, 0.2) is 5.13 Å². The molecule has 1 atom stereocenters. The lowest BCUT2D eigenvalue weighted by Crippen LogP contribution is -2.24. The largest absolute Gasteiger partial charge is 0.316 e. The Morgan fingerprint density at radius 1 is 1.29 bits per heavy atom. The van der Waals surface area contributed by atoms with E-state index in [0.717, 1.165) is 40.2 Å². The lowest BCUT2D eigenvalue weighted by Gasteiger charge is -2.16. The van der Waals surface area contributed by atoms with E-state index in [4.69, 9.17) is 0 Å². The minimum atomic E-state index is -0.394. The molecule has 0 aliphatic carbocycles. The maximum absolute atomic E-state index is 12.9. The highest BCUT2D eigenvalue weighted by molar-refractivity contribution is 7.14. The Balaban J connectivity index is 1.59. The first-order valence-corrected chi connectivity index (χ1v) is 10.1. The SMILES string of the molecule is CCc1nc2ccccc2n1[C@H](C)C(=O)Nc1nc(-c2cn(C)nc2C)cs1. The number of benzene rings is 1. The van der Waals surface area contributed by atoms with Crippen molar-refractivity contribution in [3.05, 3.63) is 47.4 Å². The fraction of sp³-hybridized carbons (Fsp3) is 0.300. The quantitative estimate of drug-likeness (QED) is 0.556. The number of fused-ring (bicyclic) bond motifs is 1. The predicted octanol–water partition coefficient (Wildman–Crippen LogP) is 3.96. The van der Waals surface area contributed by atoms with Crippen molar-refractivity contribution in [2.75, 3.05) is 5.32 Å². The number of rotatable bonds is 5. The van der Waals surface area contributed by atoms with Gasteiger partial charge in [-0.05, 0) is 26.0 Å². The van der Waals surface area contributed by atoms with E-state index in [1.165, 1.54) is 11.3 Å². The molecule has 0 saturated heterocycles. The van der Waals surface area contributed by atoms with Crippen molar-refractivity contribution in [2.45, 2.75) is 33.2 Å². The fourth-order valence-electron chi connectivity index (χ4n) is 3.41. The summed E-state index contributed by atoms with van der Waals surface area (Å²) < 4.78 is 3.77. The molecule has 8 heteroatoms. The first-order chi connectivity index (χ1) is 13.5. The Morgan fingerprint density at radius 3 is 2.79 bits per heavy atom. The number of anilines is 1. The van der Waals surface area contributed by atoms with Gasteiger partial charge >= 0.3 is 0 Å². The lowest BCUT2D eigenvalue weighted by molar-refractivity contribution is -0.118. The zero-order valence-electron chi connectivity index (χ0n) is 16.3. The summed E-state index contributed by atoms with van der Waals surface area (Å²) in [7, 11) is 1.88. The van der Waals surface area contributed by atoms with Crippen molar-refractivity contribution in [3.8, 4) is 11.3 Å². The highest BCUT2D eigenvalue weighted by Crippen LogP contribution is 2.28. The summed E-state index contributed by atoms with van der Waals surface area (Å²) in [6, 6.07) is 7.50. The standard InChI is InChI=1S/C20H22N6OS/c1-5-18-21-15-8-6-7-9-17(15)26(18)13(3)19(27)23-20-22-16(11-28-20)14-10-25(4)24-12(14)2/h6-11,13H,5H2,1-4H3,(H,22,23,27)/t13-/m1/s1. The first-order valence-electron chi connectivity index (χ1n) is 9.20. The Bertz CT molecular complexity index is 1150. The molecule has 0 spiro atoms. The Labute approximate surface area is 167 Å². The molecule has 0 aliphatic heterocycles. The van der Waals surface area contributed by atoms with Crippen LogP contribution in [0.3, 0.4) is 0 Å². The van der Waals surface area contributed by atoms with E-state index in [-0.39, 0.29) is 5.91 Å². The molecule has 4 aromatic rings. The van der Waals surface area contributed by atoms with E-state index in [9.17, 15) is 4.79 Å². The predicted molar refractivity (Wildman–Crippen MR) is 112 cm³/mol. The molecule has 1 amide bonds.